The summed E-state index contributed by atoms with van der Waals surface area (Å²) in [6.07, 6.45) is -3.84. The average molecular weight is 358 g/mol. The van der Waals surface area contributed by atoms with Crippen LogP contribution in [0.15, 0.2) is 18.2 Å². The zero-order valence-corrected chi connectivity index (χ0v) is 14.3. The molecule has 2 heterocycles. The molecule has 2 bridgehead atoms. The molecule has 0 unspecified atom stereocenters. The van der Waals surface area contributed by atoms with Crippen molar-refractivity contribution in [3.05, 3.63) is 23.9 Å². The normalized spacial score (nSPS) is 26.0. The van der Waals surface area contributed by atoms with Crippen molar-refractivity contribution in [1.82, 2.24) is 9.88 Å². The third-order valence-electron chi connectivity index (χ3n) is 4.34. The number of carbonyl (C=O) groups is 1. The van der Waals surface area contributed by atoms with E-state index in [0.717, 1.165) is 12.5 Å². The molecule has 2 fully saturated rings. The van der Waals surface area contributed by atoms with Crippen LogP contribution in [0.4, 0.5) is 18.0 Å². The summed E-state index contributed by atoms with van der Waals surface area (Å²) in [6, 6.07) is 3.38. The Morgan fingerprint density at radius 1 is 1.24 bits per heavy atom. The molecule has 0 radical (unpaired) electrons. The third-order valence-corrected chi connectivity index (χ3v) is 4.34. The van der Waals surface area contributed by atoms with Crippen molar-refractivity contribution in [1.29, 1.82) is 0 Å². The van der Waals surface area contributed by atoms with E-state index < -0.39 is 23.6 Å². The molecule has 1 amide bonds. The minimum Gasteiger partial charge on any atom is -0.472 e. The summed E-state index contributed by atoms with van der Waals surface area (Å²) in [5.41, 5.74) is -1.59. The molecule has 0 spiro atoms. The number of piperidine rings is 1. The fraction of sp³-hybridized carbons (Fsp3) is 0.647. The number of carbonyl (C=O) groups excluding carboxylic acids is 1. The van der Waals surface area contributed by atoms with Gasteiger partial charge >= 0.3 is 12.3 Å². The Morgan fingerprint density at radius 2 is 1.96 bits per heavy atom. The van der Waals surface area contributed by atoms with Gasteiger partial charge in [-0.3, -0.25) is 0 Å². The number of hydrogen-bond acceptors (Lipinski definition) is 4. The molecule has 0 aromatic carbocycles. The van der Waals surface area contributed by atoms with E-state index in [0.29, 0.717) is 13.0 Å². The van der Waals surface area contributed by atoms with Gasteiger partial charge < -0.3 is 14.4 Å². The fourth-order valence-electron chi connectivity index (χ4n) is 3.42. The molecule has 1 saturated heterocycles. The van der Waals surface area contributed by atoms with Gasteiger partial charge in [-0.2, -0.15) is 13.2 Å². The number of aromatic nitrogens is 1. The average Bonchev–Trinajstić information content (AvgIpc) is 3.05. The number of alkyl halides is 3. The van der Waals surface area contributed by atoms with Gasteiger partial charge in [-0.15, -0.1) is 0 Å². The van der Waals surface area contributed by atoms with Gasteiger partial charge in [-0.1, -0.05) is 6.07 Å². The Balaban J connectivity index is 1.70. The van der Waals surface area contributed by atoms with E-state index in [9.17, 15) is 18.0 Å². The van der Waals surface area contributed by atoms with Gasteiger partial charge in [0.25, 0.3) is 0 Å². The summed E-state index contributed by atoms with van der Waals surface area (Å²) in [5.74, 6) is 0.199. The van der Waals surface area contributed by atoms with Gasteiger partial charge in [0.2, 0.25) is 5.88 Å². The first-order valence-electron chi connectivity index (χ1n) is 8.23. The molecule has 3 rings (SSSR count). The molecule has 1 saturated carbocycles. The SMILES string of the molecule is CC(C)(C)OC(=O)N1C[C@@H]2C[C@@H]1[C@H](Oc1cccc(C(F)(F)F)n1)C2. The maximum absolute atomic E-state index is 12.8. The molecule has 1 aliphatic carbocycles. The highest BCUT2D eigenvalue weighted by molar-refractivity contribution is 5.69. The first kappa shape index (κ1) is 17.8. The lowest BCUT2D eigenvalue weighted by molar-refractivity contribution is -0.141. The van der Waals surface area contributed by atoms with E-state index >= 15 is 0 Å². The van der Waals surface area contributed by atoms with Crippen molar-refractivity contribution in [2.75, 3.05) is 6.54 Å². The third kappa shape index (κ3) is 3.99. The molecule has 2 aliphatic rings. The van der Waals surface area contributed by atoms with Crippen molar-refractivity contribution in [3.63, 3.8) is 0 Å². The number of likely N-dealkylation sites (tertiary alicyclic amines) is 1. The summed E-state index contributed by atoms with van der Waals surface area (Å²) in [5, 5.41) is 0. The predicted octanol–water partition coefficient (Wildman–Crippen LogP) is 3.88. The van der Waals surface area contributed by atoms with E-state index in [1.807, 2.05) is 0 Å². The van der Waals surface area contributed by atoms with Crippen LogP contribution < -0.4 is 4.74 Å². The Hall–Kier alpha value is -1.99. The highest BCUT2D eigenvalue weighted by atomic mass is 19.4. The molecule has 1 aromatic rings. The van der Waals surface area contributed by atoms with Gasteiger partial charge in [0.1, 0.15) is 17.4 Å². The van der Waals surface area contributed by atoms with Crippen LogP contribution in [-0.2, 0) is 10.9 Å². The van der Waals surface area contributed by atoms with Gasteiger partial charge in [0.05, 0.1) is 6.04 Å². The van der Waals surface area contributed by atoms with Gasteiger partial charge in [-0.25, -0.2) is 9.78 Å². The number of nitrogens with zero attached hydrogens (tertiary/aromatic N) is 2. The van der Waals surface area contributed by atoms with Crippen molar-refractivity contribution in [2.24, 2.45) is 5.92 Å². The number of halogens is 3. The lowest BCUT2D eigenvalue weighted by Crippen LogP contribution is -2.48. The quantitative estimate of drug-likeness (QED) is 0.805. The summed E-state index contributed by atoms with van der Waals surface area (Å²) < 4.78 is 49.4. The molecular formula is C17H21F3N2O3. The van der Waals surface area contributed by atoms with Gasteiger partial charge in [-0.05, 0) is 45.6 Å². The van der Waals surface area contributed by atoms with Crippen LogP contribution in [-0.4, -0.2) is 40.3 Å². The summed E-state index contributed by atoms with van der Waals surface area (Å²) >= 11 is 0. The smallest absolute Gasteiger partial charge is 0.433 e. The summed E-state index contributed by atoms with van der Waals surface area (Å²) in [7, 11) is 0. The number of rotatable bonds is 2. The van der Waals surface area contributed by atoms with Crippen LogP contribution in [0.5, 0.6) is 5.88 Å². The van der Waals surface area contributed by atoms with Crippen LogP contribution in [0, 0.1) is 5.92 Å². The van der Waals surface area contributed by atoms with E-state index in [-0.39, 0.29) is 23.9 Å². The van der Waals surface area contributed by atoms with Crippen LogP contribution in [0.3, 0.4) is 0 Å². The topological polar surface area (TPSA) is 51.7 Å². The summed E-state index contributed by atoms with van der Waals surface area (Å²) in [6.45, 7) is 5.97. The first-order valence-corrected chi connectivity index (χ1v) is 8.23. The van der Waals surface area contributed by atoms with Crippen LogP contribution >= 0.6 is 0 Å². The van der Waals surface area contributed by atoms with E-state index in [2.05, 4.69) is 4.98 Å². The minimum absolute atomic E-state index is 0.0727. The predicted molar refractivity (Wildman–Crippen MR) is 83.1 cm³/mol. The molecule has 0 N–H and O–H groups in total. The molecule has 8 heteroatoms. The molecule has 138 valence electrons. The van der Waals surface area contributed by atoms with Gasteiger partial charge in [0, 0.05) is 12.6 Å². The molecule has 3 atom stereocenters. The van der Waals surface area contributed by atoms with Crippen molar-refractivity contribution in [2.45, 2.75) is 57.5 Å². The van der Waals surface area contributed by atoms with Crippen LogP contribution in [0.1, 0.15) is 39.3 Å². The van der Waals surface area contributed by atoms with Crippen molar-refractivity contribution in [3.8, 4) is 5.88 Å². The van der Waals surface area contributed by atoms with Crippen LogP contribution in [0.2, 0.25) is 0 Å². The lowest BCUT2D eigenvalue weighted by Gasteiger charge is -2.34. The van der Waals surface area contributed by atoms with E-state index in [4.69, 9.17) is 9.47 Å². The number of fused-ring (bicyclic) bond motifs is 2. The number of hydrogen-bond donors (Lipinski definition) is 0. The Kier molecular flexibility index (Phi) is 4.33. The maximum Gasteiger partial charge on any atom is 0.433 e. The van der Waals surface area contributed by atoms with Crippen LogP contribution in [0.25, 0.3) is 0 Å². The number of pyridine rings is 1. The molecule has 5 nitrogen and oxygen atoms in total. The molecule has 25 heavy (non-hydrogen) atoms. The number of amides is 1. The van der Waals surface area contributed by atoms with Crippen molar-refractivity contribution < 1.29 is 27.4 Å². The molecular weight excluding hydrogens is 337 g/mol. The van der Waals surface area contributed by atoms with E-state index in [1.54, 1.807) is 25.7 Å². The second-order valence-electron chi connectivity index (χ2n) is 7.55. The monoisotopic (exact) mass is 358 g/mol. The van der Waals surface area contributed by atoms with Crippen molar-refractivity contribution >= 4 is 6.09 Å². The second kappa shape index (κ2) is 6.07. The summed E-state index contributed by atoms with van der Waals surface area (Å²) in [4.78, 5) is 17.5. The first-order chi connectivity index (χ1) is 11.5. The van der Waals surface area contributed by atoms with E-state index in [1.165, 1.54) is 12.1 Å². The lowest BCUT2D eigenvalue weighted by atomic mass is 10.1. The second-order valence-corrected chi connectivity index (χ2v) is 7.55. The molecule has 1 aromatic heterocycles. The maximum atomic E-state index is 12.8. The zero-order chi connectivity index (χ0) is 18.4. The Morgan fingerprint density at radius 3 is 2.56 bits per heavy atom. The Labute approximate surface area is 144 Å². The largest absolute Gasteiger partial charge is 0.472 e. The van der Waals surface area contributed by atoms with Gasteiger partial charge in [0.15, 0.2) is 0 Å². The zero-order valence-electron chi connectivity index (χ0n) is 14.3. The Bertz CT molecular complexity index is 657. The fourth-order valence-corrected chi connectivity index (χ4v) is 3.42. The molecule has 1 aliphatic heterocycles. The number of ether oxygens (including phenoxy) is 2. The minimum atomic E-state index is -4.52. The highest BCUT2D eigenvalue weighted by Crippen LogP contribution is 2.40. The highest BCUT2D eigenvalue weighted by Gasteiger charge is 2.49. The standard InChI is InChI=1S/C17H21F3N2O3/c1-16(2,3)25-15(23)22-9-10-7-11(22)12(8-10)24-14-6-4-5-13(21-14)17(18,19)20/h4-6,10-12H,7-9H2,1-3H3/t10-,11-,12-/m1/s1.